The number of ether oxygens (including phenoxy) is 1. The zero-order valence-electron chi connectivity index (χ0n) is 20.1. The van der Waals surface area contributed by atoms with Crippen molar-refractivity contribution in [1.29, 1.82) is 0 Å². The van der Waals surface area contributed by atoms with E-state index in [-0.39, 0.29) is 17.7 Å². The molecule has 5 rings (SSSR count). The lowest BCUT2D eigenvalue weighted by molar-refractivity contribution is 0.102. The summed E-state index contributed by atoms with van der Waals surface area (Å²) in [5, 5.41) is 11.6. The number of benzene rings is 3. The first-order valence-electron chi connectivity index (χ1n) is 12.0. The minimum atomic E-state index is -0.316. The number of hydrogen-bond acceptors (Lipinski definition) is 5. The van der Waals surface area contributed by atoms with Gasteiger partial charge >= 0.3 is 0 Å². The van der Waals surface area contributed by atoms with Gasteiger partial charge in [-0.15, -0.1) is 5.10 Å². The maximum Gasteiger partial charge on any atom is 0.277 e. The molecule has 4 aromatic rings. The van der Waals surface area contributed by atoms with E-state index >= 15 is 0 Å². The summed E-state index contributed by atoms with van der Waals surface area (Å²) in [6.07, 6.45) is 4.02. The van der Waals surface area contributed by atoms with Crippen LogP contribution < -0.4 is 10.1 Å². The Kier molecular flexibility index (Phi) is 7.30. The monoisotopic (exact) mass is 501 g/mol. The molecule has 8 heteroatoms. The molecule has 184 valence electrons. The highest BCUT2D eigenvalue weighted by Crippen LogP contribution is 2.26. The van der Waals surface area contributed by atoms with Crippen LogP contribution in [0.2, 0.25) is 5.02 Å². The number of piperidine rings is 1. The Morgan fingerprint density at radius 3 is 2.36 bits per heavy atom. The van der Waals surface area contributed by atoms with E-state index in [0.717, 1.165) is 48.4 Å². The minimum absolute atomic E-state index is 0.242. The second-order valence-electron chi connectivity index (χ2n) is 9.07. The molecule has 3 aromatic carbocycles. The third-order valence-corrected chi connectivity index (χ3v) is 6.73. The van der Waals surface area contributed by atoms with Crippen molar-refractivity contribution in [3.05, 3.63) is 95.3 Å². The first kappa shape index (κ1) is 24.0. The maximum absolute atomic E-state index is 12.7. The Hall–Kier alpha value is -3.68. The Balaban J connectivity index is 1.17. The number of nitrogens with zero attached hydrogens (tertiary/aromatic N) is 4. The Morgan fingerprint density at radius 1 is 1.00 bits per heavy atom. The van der Waals surface area contributed by atoms with Gasteiger partial charge in [0.25, 0.3) is 5.91 Å². The van der Waals surface area contributed by atoms with Gasteiger partial charge in [-0.2, -0.15) is 0 Å². The molecule has 1 aliphatic rings. The zero-order chi connectivity index (χ0) is 24.9. The molecule has 0 bridgehead atoms. The molecule has 0 aliphatic carbocycles. The van der Waals surface area contributed by atoms with Crippen molar-refractivity contribution in [2.45, 2.75) is 25.5 Å². The summed E-state index contributed by atoms with van der Waals surface area (Å²) in [5.41, 5.74) is 3.99. The van der Waals surface area contributed by atoms with Crippen LogP contribution in [-0.4, -0.2) is 52.0 Å². The molecule has 0 radical (unpaired) electrons. The number of halogens is 1. The number of carbonyl (C=O) groups excluding carboxylic acids is 1. The predicted molar refractivity (Wildman–Crippen MR) is 142 cm³/mol. The van der Waals surface area contributed by atoms with Crippen LogP contribution in [0.25, 0.3) is 11.1 Å². The van der Waals surface area contributed by atoms with Gasteiger partial charge in [-0.25, -0.2) is 4.68 Å². The quantitative estimate of drug-likeness (QED) is 0.368. The van der Waals surface area contributed by atoms with E-state index in [4.69, 9.17) is 16.3 Å². The van der Waals surface area contributed by atoms with Crippen molar-refractivity contribution < 1.29 is 9.53 Å². The van der Waals surface area contributed by atoms with Gasteiger partial charge in [-0.3, -0.25) is 4.79 Å². The zero-order valence-corrected chi connectivity index (χ0v) is 20.9. The van der Waals surface area contributed by atoms with E-state index in [2.05, 4.69) is 39.7 Å². The lowest BCUT2D eigenvalue weighted by atomic mass is 10.0. The third-order valence-electron chi connectivity index (χ3n) is 6.36. The van der Waals surface area contributed by atoms with Crippen molar-refractivity contribution in [2.24, 2.45) is 0 Å². The first-order chi connectivity index (χ1) is 17.5. The summed E-state index contributed by atoms with van der Waals surface area (Å²) >= 11 is 6.21. The molecule has 1 N–H and O–H groups in total. The fraction of sp³-hybridized carbons (Fsp3) is 0.250. The lowest BCUT2D eigenvalue weighted by Crippen LogP contribution is -2.35. The number of amides is 1. The highest BCUT2D eigenvalue weighted by molar-refractivity contribution is 6.31. The predicted octanol–water partition coefficient (Wildman–Crippen LogP) is 5.37. The summed E-state index contributed by atoms with van der Waals surface area (Å²) in [6.45, 7) is 2.59. The number of likely N-dealkylation sites (tertiary alicyclic amines) is 1. The molecule has 1 aromatic heterocycles. The molecule has 36 heavy (non-hydrogen) atoms. The number of aromatic nitrogens is 3. The molecule has 2 heterocycles. The van der Waals surface area contributed by atoms with Crippen molar-refractivity contribution in [3.8, 4) is 16.9 Å². The number of carbonyl (C=O) groups is 1. The molecule has 7 nitrogen and oxygen atoms in total. The van der Waals surface area contributed by atoms with Crippen LogP contribution in [0, 0.1) is 0 Å². The van der Waals surface area contributed by atoms with Crippen LogP contribution in [0.15, 0.2) is 79.0 Å². The average Bonchev–Trinajstić information content (AvgIpc) is 3.37. The van der Waals surface area contributed by atoms with Crippen molar-refractivity contribution in [1.82, 2.24) is 19.9 Å². The van der Waals surface area contributed by atoms with Crippen molar-refractivity contribution in [3.63, 3.8) is 0 Å². The standard InChI is InChI=1S/C28H28ClN5O2/c1-33-16-14-25(15-17-33)36-24-12-8-21(9-13-24)20-6-10-23(11-7-20)30-28(35)27-19-34(32-31-27)18-22-4-2-3-5-26(22)29/h2-13,19,25H,14-18H2,1H3,(H,30,35). The molecule has 0 spiro atoms. The Bertz CT molecular complexity index is 1310. The van der Waals surface area contributed by atoms with Crippen LogP contribution in [0.5, 0.6) is 5.75 Å². The van der Waals surface area contributed by atoms with Crippen LogP contribution in [0.1, 0.15) is 28.9 Å². The molecule has 1 amide bonds. The first-order valence-corrected chi connectivity index (χ1v) is 12.4. The highest BCUT2D eigenvalue weighted by atomic mass is 35.5. The second kappa shape index (κ2) is 10.9. The fourth-order valence-corrected chi connectivity index (χ4v) is 4.44. The average molecular weight is 502 g/mol. The topological polar surface area (TPSA) is 72.3 Å². The number of rotatable bonds is 7. The molecule has 0 saturated carbocycles. The second-order valence-corrected chi connectivity index (χ2v) is 9.48. The van der Waals surface area contributed by atoms with E-state index in [1.807, 2.05) is 60.7 Å². The van der Waals surface area contributed by atoms with Gasteiger partial charge in [-0.05, 0) is 66.9 Å². The van der Waals surface area contributed by atoms with Gasteiger partial charge in [0.15, 0.2) is 5.69 Å². The molecule has 1 saturated heterocycles. The minimum Gasteiger partial charge on any atom is -0.490 e. The van der Waals surface area contributed by atoms with Crippen LogP contribution >= 0.6 is 11.6 Å². The summed E-state index contributed by atoms with van der Waals surface area (Å²) in [5.74, 6) is 0.586. The molecule has 1 aliphatic heterocycles. The van der Waals surface area contributed by atoms with Gasteiger partial charge in [0, 0.05) is 23.8 Å². The van der Waals surface area contributed by atoms with E-state index in [0.29, 0.717) is 17.3 Å². The van der Waals surface area contributed by atoms with Gasteiger partial charge < -0.3 is 15.0 Å². The number of nitrogens with one attached hydrogen (secondary N) is 1. The van der Waals surface area contributed by atoms with E-state index in [9.17, 15) is 4.79 Å². The van der Waals surface area contributed by atoms with Gasteiger partial charge in [-0.1, -0.05) is 59.3 Å². The molecular weight excluding hydrogens is 474 g/mol. The summed E-state index contributed by atoms with van der Waals surface area (Å²) in [4.78, 5) is 15.0. The van der Waals surface area contributed by atoms with Crippen molar-refractivity contribution >= 4 is 23.2 Å². The Labute approximate surface area is 215 Å². The van der Waals surface area contributed by atoms with Gasteiger partial charge in [0.2, 0.25) is 0 Å². The lowest BCUT2D eigenvalue weighted by Gasteiger charge is -2.29. The van der Waals surface area contributed by atoms with Gasteiger partial charge in [0.1, 0.15) is 11.9 Å². The third kappa shape index (κ3) is 5.93. The molecular formula is C28H28ClN5O2. The van der Waals surface area contributed by atoms with Crippen LogP contribution in [0.3, 0.4) is 0 Å². The summed E-state index contributed by atoms with van der Waals surface area (Å²) in [7, 11) is 2.15. The summed E-state index contributed by atoms with van der Waals surface area (Å²) in [6, 6.07) is 23.4. The van der Waals surface area contributed by atoms with Crippen molar-refractivity contribution in [2.75, 3.05) is 25.5 Å². The number of anilines is 1. The smallest absolute Gasteiger partial charge is 0.277 e. The SMILES string of the molecule is CN1CCC(Oc2ccc(-c3ccc(NC(=O)c4cn(Cc5ccccc5Cl)nn4)cc3)cc2)CC1. The van der Waals surface area contributed by atoms with Crippen LogP contribution in [0.4, 0.5) is 5.69 Å². The van der Waals surface area contributed by atoms with E-state index in [1.165, 1.54) is 0 Å². The molecule has 0 atom stereocenters. The van der Waals surface area contributed by atoms with E-state index in [1.54, 1.807) is 10.9 Å². The molecule has 1 fully saturated rings. The molecule has 0 unspecified atom stereocenters. The maximum atomic E-state index is 12.7. The largest absolute Gasteiger partial charge is 0.490 e. The number of hydrogen-bond donors (Lipinski definition) is 1. The van der Waals surface area contributed by atoms with Crippen LogP contribution in [-0.2, 0) is 6.54 Å². The van der Waals surface area contributed by atoms with Gasteiger partial charge in [0.05, 0.1) is 12.7 Å². The Morgan fingerprint density at radius 2 is 1.67 bits per heavy atom. The summed E-state index contributed by atoms with van der Waals surface area (Å²) < 4.78 is 7.74. The fourth-order valence-electron chi connectivity index (χ4n) is 4.24. The normalized spacial score (nSPS) is 14.5. The highest BCUT2D eigenvalue weighted by Gasteiger charge is 2.18. The van der Waals surface area contributed by atoms with E-state index < -0.39 is 0 Å².